The van der Waals surface area contributed by atoms with Crippen LogP contribution < -0.4 is 11.1 Å². The summed E-state index contributed by atoms with van der Waals surface area (Å²) in [4.78, 5) is 62.8. The number of benzene rings is 2. The average molecular weight is 722 g/mol. The van der Waals surface area contributed by atoms with Crippen molar-refractivity contribution >= 4 is 33.6 Å². The van der Waals surface area contributed by atoms with Crippen LogP contribution in [-0.4, -0.2) is 40.9 Å². The smallest absolute Gasteiger partial charge is 0.335 e. The fourth-order valence-electron chi connectivity index (χ4n) is 6.32. The zero-order chi connectivity index (χ0) is 38.1. The molecule has 7 aromatic rings. The number of hydrogen-bond donors (Lipinski definition) is 1. The molecule has 0 unspecified atom stereocenters. The van der Waals surface area contributed by atoms with Gasteiger partial charge in [-0.05, 0) is 111 Å². The highest BCUT2D eigenvalue weighted by atomic mass is 16.4. The van der Waals surface area contributed by atoms with Crippen molar-refractivity contribution in [1.82, 2.24) is 24.1 Å². The molecule has 1 N–H and O–H groups in total. The van der Waals surface area contributed by atoms with Crippen molar-refractivity contribution in [2.24, 2.45) is 14.1 Å². The van der Waals surface area contributed by atoms with Crippen LogP contribution in [0.1, 0.15) is 61.9 Å². The van der Waals surface area contributed by atoms with E-state index in [9.17, 15) is 24.3 Å². The molecule has 0 saturated carbocycles. The Balaban J connectivity index is 0.000000211. The van der Waals surface area contributed by atoms with Gasteiger partial charge in [0.05, 0.1) is 23.0 Å². The van der Waals surface area contributed by atoms with Crippen molar-refractivity contribution in [3.63, 3.8) is 0 Å². The molecule has 7 rings (SSSR count). The van der Waals surface area contributed by atoms with Crippen molar-refractivity contribution in [3.05, 3.63) is 157 Å². The molecule has 5 aromatic heterocycles. The first-order valence-electron chi connectivity index (χ1n) is 17.0. The molecule has 0 atom stereocenters. The van der Waals surface area contributed by atoms with E-state index in [1.165, 1.54) is 6.07 Å². The topological polar surface area (TPSA) is 137 Å². The standard InChI is InChI=1S/C25H23N3O2.C18H16N2O3.CH4/c1-15-5-8-20(27-13-15)12-24(29)18-7-6-16(2)21(10-18)22-11-19-14-26-17(3)9-23(19)28(4)25(22)30;1-10-4-5-12(18(22)23)7-14(10)15-8-13-9-19-11(2)6-16(13)20(3)17(15)21;/h5-11,13-14H,12H2,1-4H3;4-9H,1-3H3,(H,22,23);1H4. The van der Waals surface area contributed by atoms with Crippen LogP contribution in [0, 0.1) is 34.6 Å². The zero-order valence-electron chi connectivity index (χ0n) is 30.7. The number of aromatic nitrogens is 5. The van der Waals surface area contributed by atoms with Gasteiger partial charge in [0.15, 0.2) is 5.78 Å². The molecular weight excluding hydrogens is 679 g/mol. The third kappa shape index (κ3) is 7.78. The second-order valence-electron chi connectivity index (χ2n) is 13.4. The Morgan fingerprint density at radius 3 is 1.54 bits per heavy atom. The number of rotatable bonds is 6. The number of pyridine rings is 5. The molecule has 0 spiro atoms. The monoisotopic (exact) mass is 721 g/mol. The SMILES string of the molecule is C.Cc1cc2c(cn1)cc(-c1cc(C(=O)O)ccc1C)c(=O)n2C.Cc1ccc(CC(=O)c2ccc(C)c(-c3cc4cnc(C)cc4n(C)c3=O)c2)nc1. The Bertz CT molecular complexity index is 2710. The van der Waals surface area contributed by atoms with Gasteiger partial charge in [-0.3, -0.25) is 29.3 Å². The molecule has 54 heavy (non-hydrogen) atoms. The predicted molar refractivity (Wildman–Crippen MR) is 214 cm³/mol. The Morgan fingerprint density at radius 1 is 0.593 bits per heavy atom. The van der Waals surface area contributed by atoms with Crippen LogP contribution in [0.15, 0.2) is 101 Å². The van der Waals surface area contributed by atoms with Crippen molar-refractivity contribution < 1.29 is 14.7 Å². The zero-order valence-corrected chi connectivity index (χ0v) is 30.7. The molecule has 5 heterocycles. The first-order chi connectivity index (χ1) is 25.2. The van der Waals surface area contributed by atoms with Crippen LogP contribution in [0.5, 0.6) is 0 Å². The number of Topliss-reactive ketones (excluding diaryl/α,β-unsaturated/α-hetero) is 1. The highest BCUT2D eigenvalue weighted by Gasteiger charge is 2.16. The second-order valence-corrected chi connectivity index (χ2v) is 13.4. The van der Waals surface area contributed by atoms with Gasteiger partial charge in [0, 0.05) is 77.2 Å². The number of aromatic carboxylic acids is 1. The molecular formula is C44H43N5O5. The van der Waals surface area contributed by atoms with Gasteiger partial charge in [-0.1, -0.05) is 31.7 Å². The van der Waals surface area contributed by atoms with Gasteiger partial charge in [0.2, 0.25) is 0 Å². The van der Waals surface area contributed by atoms with Crippen LogP contribution in [0.3, 0.4) is 0 Å². The van der Waals surface area contributed by atoms with Crippen LogP contribution in [0.25, 0.3) is 44.1 Å². The minimum Gasteiger partial charge on any atom is -0.478 e. The number of nitrogens with zero attached hydrogens (tertiary/aromatic N) is 5. The molecule has 2 aromatic carbocycles. The molecule has 0 saturated heterocycles. The molecule has 0 bridgehead atoms. The van der Waals surface area contributed by atoms with Crippen molar-refractivity contribution in [2.45, 2.75) is 48.5 Å². The molecule has 10 heteroatoms. The van der Waals surface area contributed by atoms with Gasteiger partial charge in [-0.15, -0.1) is 0 Å². The summed E-state index contributed by atoms with van der Waals surface area (Å²) in [6, 6.07) is 21.5. The van der Waals surface area contributed by atoms with Gasteiger partial charge < -0.3 is 14.2 Å². The van der Waals surface area contributed by atoms with E-state index in [4.69, 9.17) is 0 Å². The van der Waals surface area contributed by atoms with Gasteiger partial charge >= 0.3 is 5.97 Å². The summed E-state index contributed by atoms with van der Waals surface area (Å²) in [5.74, 6) is -1.04. The molecule has 274 valence electrons. The Kier molecular flexibility index (Phi) is 11.2. The first kappa shape index (κ1) is 38.7. The Morgan fingerprint density at radius 2 is 1.07 bits per heavy atom. The third-order valence-corrected chi connectivity index (χ3v) is 9.43. The van der Waals surface area contributed by atoms with Gasteiger partial charge in [-0.25, -0.2) is 4.79 Å². The molecule has 0 aliphatic carbocycles. The maximum atomic E-state index is 13.1. The first-order valence-corrected chi connectivity index (χ1v) is 17.0. The van der Waals surface area contributed by atoms with E-state index in [-0.39, 0.29) is 36.3 Å². The van der Waals surface area contributed by atoms with Gasteiger partial charge in [-0.2, -0.15) is 0 Å². The van der Waals surface area contributed by atoms with Crippen molar-refractivity contribution in [3.8, 4) is 22.3 Å². The lowest BCUT2D eigenvalue weighted by atomic mass is 9.95. The predicted octanol–water partition coefficient (Wildman–Crippen LogP) is 7.90. The van der Waals surface area contributed by atoms with E-state index < -0.39 is 5.97 Å². The van der Waals surface area contributed by atoms with Crippen LogP contribution >= 0.6 is 0 Å². The molecule has 0 amide bonds. The number of hydrogen-bond acceptors (Lipinski definition) is 7. The number of fused-ring (bicyclic) bond motifs is 2. The van der Waals surface area contributed by atoms with E-state index >= 15 is 0 Å². The highest BCUT2D eigenvalue weighted by Crippen LogP contribution is 2.27. The summed E-state index contributed by atoms with van der Waals surface area (Å²) in [5, 5.41) is 10.9. The fraction of sp³-hybridized carbons (Fsp3) is 0.205. The van der Waals surface area contributed by atoms with Crippen LogP contribution in [0.2, 0.25) is 0 Å². The minimum atomic E-state index is -1.01. The van der Waals surface area contributed by atoms with E-state index in [1.807, 2.05) is 83.1 Å². The number of carbonyl (C=O) groups excluding carboxylic acids is 1. The lowest BCUT2D eigenvalue weighted by Crippen LogP contribution is -2.19. The summed E-state index contributed by atoms with van der Waals surface area (Å²) < 4.78 is 3.22. The Labute approximate surface area is 313 Å². The quantitative estimate of drug-likeness (QED) is 0.171. The minimum absolute atomic E-state index is 0. The maximum absolute atomic E-state index is 13.1. The van der Waals surface area contributed by atoms with Crippen LogP contribution in [0.4, 0.5) is 0 Å². The van der Waals surface area contributed by atoms with Gasteiger partial charge in [0.1, 0.15) is 0 Å². The van der Waals surface area contributed by atoms with Crippen LogP contribution in [-0.2, 0) is 20.5 Å². The fourth-order valence-corrected chi connectivity index (χ4v) is 6.32. The largest absolute Gasteiger partial charge is 0.478 e. The van der Waals surface area contributed by atoms with Crippen molar-refractivity contribution in [2.75, 3.05) is 0 Å². The molecule has 0 radical (unpaired) electrons. The number of carboxylic acids is 1. The summed E-state index contributed by atoms with van der Waals surface area (Å²) in [7, 11) is 3.48. The lowest BCUT2D eigenvalue weighted by molar-refractivity contribution is 0.0696. The number of carbonyl (C=O) groups is 2. The normalized spacial score (nSPS) is 10.8. The maximum Gasteiger partial charge on any atom is 0.335 e. The van der Waals surface area contributed by atoms with E-state index in [0.29, 0.717) is 22.3 Å². The average Bonchev–Trinajstić information content (AvgIpc) is 3.13. The summed E-state index contributed by atoms with van der Waals surface area (Å²) in [6.07, 6.45) is 5.49. The number of aryl methyl sites for hydroxylation is 7. The number of ketones is 1. The molecule has 0 fully saturated rings. The second kappa shape index (κ2) is 15.6. The summed E-state index contributed by atoms with van der Waals surface area (Å²) >= 11 is 0. The highest BCUT2D eigenvalue weighted by molar-refractivity contribution is 5.99. The summed E-state index contributed by atoms with van der Waals surface area (Å²) in [6.45, 7) is 9.55. The van der Waals surface area contributed by atoms with E-state index in [0.717, 1.165) is 61.1 Å². The number of carboxylic acid groups (broad SMARTS) is 1. The van der Waals surface area contributed by atoms with Gasteiger partial charge in [0.25, 0.3) is 11.1 Å². The van der Waals surface area contributed by atoms with Crippen molar-refractivity contribution in [1.29, 1.82) is 0 Å². The Hall–Kier alpha value is -6.55. The van der Waals surface area contributed by atoms with E-state index in [1.54, 1.807) is 60.0 Å². The van der Waals surface area contributed by atoms with E-state index in [2.05, 4.69) is 15.0 Å². The molecule has 10 nitrogen and oxygen atoms in total. The molecule has 0 aliphatic heterocycles. The molecule has 0 aliphatic rings. The third-order valence-electron chi connectivity index (χ3n) is 9.43. The summed E-state index contributed by atoms with van der Waals surface area (Å²) in [5.41, 5.74) is 9.84. The lowest BCUT2D eigenvalue weighted by Gasteiger charge is -2.12.